The van der Waals surface area contributed by atoms with Gasteiger partial charge in [-0.1, -0.05) is 0 Å². The third kappa shape index (κ3) is 3.87. The molecule has 8 nitrogen and oxygen atoms in total. The lowest BCUT2D eigenvalue weighted by Gasteiger charge is -2.06. The summed E-state index contributed by atoms with van der Waals surface area (Å²) in [6, 6.07) is 4.95. The van der Waals surface area contributed by atoms with E-state index >= 15 is 0 Å². The van der Waals surface area contributed by atoms with Gasteiger partial charge in [-0.05, 0) is 18.6 Å². The first kappa shape index (κ1) is 13.7. The number of nitro groups is 1. The van der Waals surface area contributed by atoms with Crippen LogP contribution in [0, 0.1) is 10.1 Å². The lowest BCUT2D eigenvalue weighted by Crippen LogP contribution is -2.10. The molecule has 0 aromatic carbocycles. The van der Waals surface area contributed by atoms with Crippen LogP contribution in [0.3, 0.4) is 0 Å². The summed E-state index contributed by atoms with van der Waals surface area (Å²) in [7, 11) is 0. The minimum atomic E-state index is -0.469. The highest BCUT2D eigenvalue weighted by Crippen LogP contribution is 2.19. The van der Waals surface area contributed by atoms with E-state index in [9.17, 15) is 10.1 Å². The summed E-state index contributed by atoms with van der Waals surface area (Å²) in [5.41, 5.74) is -0.0418. The van der Waals surface area contributed by atoms with Crippen molar-refractivity contribution in [2.45, 2.75) is 6.42 Å². The molecule has 0 amide bonds. The van der Waals surface area contributed by atoms with Gasteiger partial charge in [0.15, 0.2) is 0 Å². The Morgan fingerprint density at radius 3 is 2.70 bits per heavy atom. The third-order valence-corrected chi connectivity index (χ3v) is 2.37. The number of nitrogens with one attached hydrogen (secondary N) is 1. The fraction of sp³-hybridized carbons (Fsp3) is 0.250. The van der Waals surface area contributed by atoms with Gasteiger partial charge in [-0.2, -0.15) is 0 Å². The van der Waals surface area contributed by atoms with E-state index in [1.807, 2.05) is 0 Å². The Morgan fingerprint density at radius 1 is 1.20 bits per heavy atom. The van der Waals surface area contributed by atoms with Gasteiger partial charge in [0.2, 0.25) is 5.82 Å². The lowest BCUT2D eigenvalue weighted by molar-refractivity contribution is -0.384. The molecule has 0 saturated carbocycles. The zero-order valence-corrected chi connectivity index (χ0v) is 10.6. The molecule has 2 heterocycles. The van der Waals surface area contributed by atoms with E-state index in [-0.39, 0.29) is 11.5 Å². The van der Waals surface area contributed by atoms with Crippen molar-refractivity contribution in [2.75, 3.05) is 18.5 Å². The molecule has 0 aliphatic heterocycles. The number of ether oxygens (including phenoxy) is 1. The molecule has 1 N–H and O–H groups in total. The second-order valence-corrected chi connectivity index (χ2v) is 3.79. The first-order chi connectivity index (χ1) is 9.77. The fourth-order valence-corrected chi connectivity index (χ4v) is 1.48. The third-order valence-electron chi connectivity index (χ3n) is 2.37. The molecular formula is C12H13N5O3. The standard InChI is InChI=1S/C12H13N5O3/c18-17(19)10-4-1-5-13-11(10)14-8-3-9-20-12-15-6-2-7-16-12/h1-2,4-7H,3,8-9H2,(H,13,14). The summed E-state index contributed by atoms with van der Waals surface area (Å²) in [4.78, 5) is 22.1. The van der Waals surface area contributed by atoms with Crippen LogP contribution in [0.1, 0.15) is 6.42 Å². The van der Waals surface area contributed by atoms with Gasteiger partial charge in [0.1, 0.15) is 0 Å². The van der Waals surface area contributed by atoms with Crippen molar-refractivity contribution in [1.82, 2.24) is 15.0 Å². The molecule has 8 heteroatoms. The maximum atomic E-state index is 10.8. The predicted molar refractivity (Wildman–Crippen MR) is 71.5 cm³/mol. The van der Waals surface area contributed by atoms with Crippen molar-refractivity contribution in [3.63, 3.8) is 0 Å². The lowest BCUT2D eigenvalue weighted by atomic mass is 10.3. The first-order valence-electron chi connectivity index (χ1n) is 6.00. The summed E-state index contributed by atoms with van der Waals surface area (Å²) in [5.74, 6) is 0.258. The van der Waals surface area contributed by atoms with Gasteiger partial charge in [-0.3, -0.25) is 10.1 Å². The SMILES string of the molecule is O=[N+]([O-])c1cccnc1NCCCOc1ncccn1. The molecule has 0 saturated heterocycles. The van der Waals surface area contributed by atoms with Crippen LogP contribution in [-0.4, -0.2) is 33.0 Å². The fourth-order valence-electron chi connectivity index (χ4n) is 1.48. The summed E-state index contributed by atoms with van der Waals surface area (Å²) < 4.78 is 5.31. The normalized spacial score (nSPS) is 10.0. The van der Waals surface area contributed by atoms with Crippen LogP contribution >= 0.6 is 0 Å². The van der Waals surface area contributed by atoms with Crippen LogP contribution in [-0.2, 0) is 0 Å². The van der Waals surface area contributed by atoms with Crippen LogP contribution in [0.25, 0.3) is 0 Å². The number of nitrogens with zero attached hydrogens (tertiary/aromatic N) is 4. The van der Waals surface area contributed by atoms with E-state index in [2.05, 4.69) is 20.3 Å². The Balaban J connectivity index is 1.75. The second-order valence-electron chi connectivity index (χ2n) is 3.79. The van der Waals surface area contributed by atoms with Gasteiger partial charge in [-0.25, -0.2) is 15.0 Å². The van der Waals surface area contributed by atoms with Crippen LogP contribution in [0.5, 0.6) is 6.01 Å². The van der Waals surface area contributed by atoms with Gasteiger partial charge in [0, 0.05) is 31.2 Å². The van der Waals surface area contributed by atoms with Crippen LogP contribution in [0.4, 0.5) is 11.5 Å². The maximum Gasteiger partial charge on any atom is 0.316 e. The van der Waals surface area contributed by atoms with Gasteiger partial charge >= 0.3 is 11.7 Å². The molecule has 20 heavy (non-hydrogen) atoms. The molecule has 0 fully saturated rings. The quantitative estimate of drug-likeness (QED) is 0.465. The van der Waals surface area contributed by atoms with E-state index in [0.717, 1.165) is 0 Å². The zero-order valence-electron chi connectivity index (χ0n) is 10.6. The molecule has 2 rings (SSSR count). The monoisotopic (exact) mass is 275 g/mol. The Kier molecular flexibility index (Phi) is 4.76. The van der Waals surface area contributed by atoms with E-state index in [1.54, 1.807) is 18.5 Å². The first-order valence-corrected chi connectivity index (χ1v) is 6.00. The summed E-state index contributed by atoms with van der Waals surface area (Å²) in [6.07, 6.45) is 5.34. The second kappa shape index (κ2) is 6.98. The molecule has 0 bridgehead atoms. The van der Waals surface area contributed by atoms with Crippen LogP contribution < -0.4 is 10.1 Å². The van der Waals surface area contributed by atoms with Crippen molar-refractivity contribution >= 4 is 11.5 Å². The Morgan fingerprint density at radius 2 is 1.95 bits per heavy atom. The van der Waals surface area contributed by atoms with Crippen molar-refractivity contribution in [2.24, 2.45) is 0 Å². The topological polar surface area (TPSA) is 103 Å². The predicted octanol–water partition coefficient (Wildman–Crippen LogP) is 1.66. The number of rotatable bonds is 7. The van der Waals surface area contributed by atoms with E-state index in [1.165, 1.54) is 18.3 Å². The van der Waals surface area contributed by atoms with Gasteiger partial charge in [-0.15, -0.1) is 0 Å². The van der Waals surface area contributed by atoms with Gasteiger partial charge < -0.3 is 10.1 Å². The number of pyridine rings is 1. The minimum Gasteiger partial charge on any atom is -0.463 e. The smallest absolute Gasteiger partial charge is 0.316 e. The van der Waals surface area contributed by atoms with Crippen molar-refractivity contribution in [3.8, 4) is 6.01 Å². The number of anilines is 1. The Hall–Kier alpha value is -2.77. The average Bonchev–Trinajstić information content (AvgIpc) is 2.48. The molecule has 0 aliphatic carbocycles. The number of hydrogen-bond donors (Lipinski definition) is 1. The molecule has 0 spiro atoms. The number of hydrogen-bond acceptors (Lipinski definition) is 7. The summed E-state index contributed by atoms with van der Waals surface area (Å²) in [6.45, 7) is 0.919. The zero-order chi connectivity index (χ0) is 14.2. The van der Waals surface area contributed by atoms with Crippen molar-refractivity contribution < 1.29 is 9.66 Å². The molecule has 2 aromatic heterocycles. The van der Waals surface area contributed by atoms with E-state index < -0.39 is 4.92 Å². The largest absolute Gasteiger partial charge is 0.463 e. The van der Waals surface area contributed by atoms with Gasteiger partial charge in [0.25, 0.3) is 0 Å². The molecular weight excluding hydrogens is 262 g/mol. The Labute approximate surface area is 115 Å². The summed E-state index contributed by atoms with van der Waals surface area (Å²) in [5, 5.41) is 13.7. The van der Waals surface area contributed by atoms with E-state index in [4.69, 9.17) is 4.74 Å². The van der Waals surface area contributed by atoms with Crippen molar-refractivity contribution in [1.29, 1.82) is 0 Å². The molecule has 0 unspecified atom stereocenters. The molecule has 0 atom stereocenters. The summed E-state index contributed by atoms with van der Waals surface area (Å²) >= 11 is 0. The highest BCUT2D eigenvalue weighted by molar-refractivity contribution is 5.54. The highest BCUT2D eigenvalue weighted by Gasteiger charge is 2.12. The maximum absolute atomic E-state index is 10.8. The molecule has 0 aliphatic rings. The Bertz CT molecular complexity index is 564. The van der Waals surface area contributed by atoms with Crippen LogP contribution in [0.15, 0.2) is 36.8 Å². The van der Waals surface area contributed by atoms with Crippen molar-refractivity contribution in [3.05, 3.63) is 46.9 Å². The molecule has 2 aromatic rings. The van der Waals surface area contributed by atoms with Crippen LogP contribution in [0.2, 0.25) is 0 Å². The average molecular weight is 275 g/mol. The van der Waals surface area contributed by atoms with E-state index in [0.29, 0.717) is 25.6 Å². The molecule has 0 radical (unpaired) electrons. The molecule has 104 valence electrons. The minimum absolute atomic E-state index is 0.0418. The highest BCUT2D eigenvalue weighted by atomic mass is 16.6. The van der Waals surface area contributed by atoms with Gasteiger partial charge in [0.05, 0.1) is 11.5 Å². The number of aromatic nitrogens is 3.